The number of carbonyl (C=O) groups excluding carboxylic acids is 1. The molecule has 1 aliphatic rings. The molecule has 106 valence electrons. The minimum absolute atomic E-state index is 0.137. The van der Waals surface area contributed by atoms with Gasteiger partial charge in [0, 0.05) is 29.9 Å². The highest BCUT2D eigenvalue weighted by Gasteiger charge is 2.22. The van der Waals surface area contributed by atoms with E-state index in [1.165, 1.54) is 32.6 Å². The van der Waals surface area contributed by atoms with E-state index in [0.29, 0.717) is 12.5 Å². The lowest BCUT2D eigenvalue weighted by Crippen LogP contribution is -2.33. The van der Waals surface area contributed by atoms with E-state index in [1.807, 2.05) is 25.2 Å². The summed E-state index contributed by atoms with van der Waals surface area (Å²) in [5.74, 6) is 0.137. The number of rotatable bonds is 5. The van der Waals surface area contributed by atoms with E-state index in [0.717, 1.165) is 6.54 Å². The molecule has 0 radical (unpaired) electrons. The number of hydrogen-bond donors (Lipinski definition) is 2. The zero-order valence-corrected chi connectivity index (χ0v) is 14.4. The molecule has 0 fully saturated rings. The van der Waals surface area contributed by atoms with Gasteiger partial charge < -0.3 is 10.6 Å². The first-order chi connectivity index (χ1) is 9.06. The number of hydrogen-bond acceptors (Lipinski definition) is 3. The predicted octanol–water partition coefficient (Wildman–Crippen LogP) is 3.23. The average molecular weight is 392 g/mol. The van der Waals surface area contributed by atoms with Gasteiger partial charge in [-0.15, -0.1) is 11.3 Å². The zero-order valence-electron chi connectivity index (χ0n) is 11.5. The van der Waals surface area contributed by atoms with Crippen LogP contribution in [0.2, 0.25) is 0 Å². The third-order valence-corrected chi connectivity index (χ3v) is 5.25. The molecule has 19 heavy (non-hydrogen) atoms. The van der Waals surface area contributed by atoms with Crippen molar-refractivity contribution in [3.8, 4) is 0 Å². The molecule has 2 rings (SSSR count). The van der Waals surface area contributed by atoms with Crippen molar-refractivity contribution in [3.63, 3.8) is 0 Å². The summed E-state index contributed by atoms with van der Waals surface area (Å²) in [7, 11) is 0. The first-order valence-corrected chi connectivity index (χ1v) is 8.76. The van der Waals surface area contributed by atoms with Crippen LogP contribution in [0.3, 0.4) is 0 Å². The summed E-state index contributed by atoms with van der Waals surface area (Å²) in [5.41, 5.74) is 1.46. The van der Waals surface area contributed by atoms with Crippen LogP contribution in [-0.4, -0.2) is 18.5 Å². The molecule has 0 bridgehead atoms. The molecule has 5 heteroatoms. The smallest absolute Gasteiger partial charge is 0.221 e. The Balaban J connectivity index is 1.82. The SMILES string of the molecule is CC(C)NC(=O)CCNC1CCCc2sc(I)cc21. The molecule has 0 saturated carbocycles. The van der Waals surface area contributed by atoms with Crippen molar-refractivity contribution in [2.24, 2.45) is 0 Å². The van der Waals surface area contributed by atoms with Gasteiger partial charge in [0.25, 0.3) is 0 Å². The second-order valence-corrected chi connectivity index (χ2v) is 8.33. The maximum Gasteiger partial charge on any atom is 0.221 e. The summed E-state index contributed by atoms with van der Waals surface area (Å²) in [6, 6.07) is 2.97. The molecule has 0 spiro atoms. The second kappa shape index (κ2) is 7.04. The summed E-state index contributed by atoms with van der Waals surface area (Å²) in [6.07, 6.45) is 4.21. The van der Waals surface area contributed by atoms with Gasteiger partial charge in [-0.05, 0) is 67.3 Å². The van der Waals surface area contributed by atoms with Gasteiger partial charge >= 0.3 is 0 Å². The van der Waals surface area contributed by atoms with Crippen molar-refractivity contribution < 1.29 is 4.79 Å². The lowest BCUT2D eigenvalue weighted by Gasteiger charge is -2.23. The van der Waals surface area contributed by atoms with Gasteiger partial charge in [-0.3, -0.25) is 4.79 Å². The van der Waals surface area contributed by atoms with Crippen molar-refractivity contribution in [1.29, 1.82) is 0 Å². The summed E-state index contributed by atoms with van der Waals surface area (Å²) in [6.45, 7) is 4.74. The molecular weight excluding hydrogens is 371 g/mol. The minimum Gasteiger partial charge on any atom is -0.354 e. The largest absolute Gasteiger partial charge is 0.354 e. The number of fused-ring (bicyclic) bond motifs is 1. The van der Waals surface area contributed by atoms with E-state index < -0.39 is 0 Å². The van der Waals surface area contributed by atoms with Crippen LogP contribution in [-0.2, 0) is 11.2 Å². The third-order valence-electron chi connectivity index (χ3n) is 3.28. The van der Waals surface area contributed by atoms with Gasteiger partial charge in [0.05, 0.1) is 2.88 Å². The van der Waals surface area contributed by atoms with Gasteiger partial charge in [-0.1, -0.05) is 0 Å². The molecule has 1 aliphatic carbocycles. The summed E-state index contributed by atoms with van der Waals surface area (Å²) < 4.78 is 1.37. The van der Waals surface area contributed by atoms with Gasteiger partial charge in [0.15, 0.2) is 0 Å². The van der Waals surface area contributed by atoms with E-state index in [9.17, 15) is 4.79 Å². The fourth-order valence-electron chi connectivity index (χ4n) is 2.49. The Labute approximate surface area is 132 Å². The van der Waals surface area contributed by atoms with E-state index in [-0.39, 0.29) is 11.9 Å². The van der Waals surface area contributed by atoms with Crippen LogP contribution >= 0.6 is 33.9 Å². The second-order valence-electron chi connectivity index (χ2n) is 5.30. The van der Waals surface area contributed by atoms with Crippen LogP contribution in [0, 0.1) is 2.88 Å². The standard InChI is InChI=1S/C14H21IN2OS/c1-9(2)17-14(18)6-7-16-11-4-3-5-12-10(11)8-13(15)19-12/h8-9,11,16H,3-7H2,1-2H3,(H,17,18). The number of aryl methyl sites for hydroxylation is 1. The highest BCUT2D eigenvalue weighted by atomic mass is 127. The topological polar surface area (TPSA) is 41.1 Å². The number of nitrogens with one attached hydrogen (secondary N) is 2. The van der Waals surface area contributed by atoms with Crippen molar-refractivity contribution in [2.75, 3.05) is 6.54 Å². The fraction of sp³-hybridized carbons (Fsp3) is 0.643. The Morgan fingerprint density at radius 2 is 2.37 bits per heavy atom. The van der Waals surface area contributed by atoms with E-state index in [2.05, 4.69) is 39.3 Å². The molecular formula is C14H21IN2OS. The van der Waals surface area contributed by atoms with Gasteiger partial charge in [0.2, 0.25) is 5.91 Å². The molecule has 2 N–H and O–H groups in total. The molecule has 0 aliphatic heterocycles. The minimum atomic E-state index is 0.137. The number of carbonyl (C=O) groups is 1. The predicted molar refractivity (Wildman–Crippen MR) is 88.6 cm³/mol. The Bertz CT molecular complexity index is 445. The molecule has 1 unspecified atom stereocenters. The van der Waals surface area contributed by atoms with Crippen LogP contribution < -0.4 is 10.6 Å². The number of amides is 1. The first kappa shape index (κ1) is 15.3. The monoisotopic (exact) mass is 392 g/mol. The van der Waals surface area contributed by atoms with Crippen molar-refractivity contribution in [1.82, 2.24) is 10.6 Å². The highest BCUT2D eigenvalue weighted by Crippen LogP contribution is 2.36. The summed E-state index contributed by atoms with van der Waals surface area (Å²) >= 11 is 4.31. The van der Waals surface area contributed by atoms with Crippen LogP contribution in [0.4, 0.5) is 0 Å². The average Bonchev–Trinajstić information content (AvgIpc) is 2.69. The maximum absolute atomic E-state index is 11.6. The van der Waals surface area contributed by atoms with Crippen molar-refractivity contribution in [3.05, 3.63) is 19.4 Å². The Morgan fingerprint density at radius 3 is 3.11 bits per heavy atom. The third kappa shape index (κ3) is 4.43. The molecule has 1 aromatic heterocycles. The van der Waals surface area contributed by atoms with E-state index in [1.54, 1.807) is 0 Å². The fourth-order valence-corrected chi connectivity index (χ4v) is 4.61. The maximum atomic E-state index is 11.6. The molecule has 3 nitrogen and oxygen atoms in total. The van der Waals surface area contributed by atoms with Crippen LogP contribution in [0.25, 0.3) is 0 Å². The molecule has 1 amide bonds. The van der Waals surface area contributed by atoms with Crippen LogP contribution in [0.1, 0.15) is 49.6 Å². The summed E-state index contributed by atoms with van der Waals surface area (Å²) in [4.78, 5) is 13.1. The Morgan fingerprint density at radius 1 is 1.58 bits per heavy atom. The molecule has 0 saturated heterocycles. The zero-order chi connectivity index (χ0) is 13.8. The van der Waals surface area contributed by atoms with Gasteiger partial charge in [-0.25, -0.2) is 0 Å². The first-order valence-electron chi connectivity index (χ1n) is 6.87. The van der Waals surface area contributed by atoms with Gasteiger partial charge in [-0.2, -0.15) is 0 Å². The Hall–Kier alpha value is -0.140. The molecule has 0 aromatic carbocycles. The lowest BCUT2D eigenvalue weighted by molar-refractivity contribution is -0.121. The van der Waals surface area contributed by atoms with E-state index in [4.69, 9.17) is 0 Å². The Kier molecular flexibility index (Phi) is 5.65. The molecule has 1 heterocycles. The van der Waals surface area contributed by atoms with Crippen LogP contribution in [0.15, 0.2) is 6.07 Å². The summed E-state index contributed by atoms with van der Waals surface area (Å²) in [5, 5.41) is 6.46. The number of halogens is 1. The van der Waals surface area contributed by atoms with E-state index >= 15 is 0 Å². The normalized spacial score (nSPS) is 18.4. The number of thiophene rings is 1. The lowest BCUT2D eigenvalue weighted by atomic mass is 9.94. The molecule has 1 atom stereocenters. The van der Waals surface area contributed by atoms with Crippen molar-refractivity contribution in [2.45, 2.75) is 51.6 Å². The van der Waals surface area contributed by atoms with Crippen molar-refractivity contribution >= 4 is 39.8 Å². The van der Waals surface area contributed by atoms with Gasteiger partial charge in [0.1, 0.15) is 0 Å². The quantitative estimate of drug-likeness (QED) is 0.756. The van der Waals surface area contributed by atoms with Crippen LogP contribution in [0.5, 0.6) is 0 Å². The molecule has 1 aromatic rings. The highest BCUT2D eigenvalue weighted by molar-refractivity contribution is 14.1.